The highest BCUT2D eigenvalue weighted by atomic mass is 35.5. The Kier molecular flexibility index (Phi) is 4.09. The second-order valence-electron chi connectivity index (χ2n) is 4.88. The minimum Gasteiger partial charge on any atom is -0.366 e. The van der Waals surface area contributed by atoms with Gasteiger partial charge in [0.15, 0.2) is 0 Å². The van der Waals surface area contributed by atoms with Crippen molar-refractivity contribution in [2.45, 2.75) is 16.7 Å². The number of benzene rings is 2. The average molecular weight is 333 g/mol. The Morgan fingerprint density at radius 2 is 1.95 bits per heavy atom. The fourth-order valence-electron chi connectivity index (χ4n) is 2.34. The van der Waals surface area contributed by atoms with E-state index in [0.29, 0.717) is 22.7 Å². The molecule has 2 amide bonds. The Morgan fingerprint density at radius 3 is 2.59 bits per heavy atom. The zero-order valence-electron chi connectivity index (χ0n) is 11.5. The maximum Gasteiger partial charge on any atom is 0.250 e. The van der Waals surface area contributed by atoms with E-state index in [-0.39, 0.29) is 11.3 Å². The first-order chi connectivity index (χ1) is 10.6. The molecule has 4 nitrogen and oxygen atoms in total. The molecule has 1 aliphatic heterocycles. The summed E-state index contributed by atoms with van der Waals surface area (Å²) in [4.78, 5) is 26.3. The number of thioether (sulfide) groups is 1. The highest BCUT2D eigenvalue weighted by molar-refractivity contribution is 8.00. The third-order valence-corrected chi connectivity index (χ3v) is 4.84. The molecule has 2 aromatic carbocycles. The Balaban J connectivity index is 1.91. The summed E-state index contributed by atoms with van der Waals surface area (Å²) in [7, 11) is 0. The molecule has 2 N–H and O–H groups in total. The molecular formula is C16H13ClN2O2S. The number of halogens is 1. The maximum atomic E-state index is 12.0. The molecule has 1 heterocycles. The normalized spacial score (nSPS) is 17.2. The number of amides is 2. The zero-order chi connectivity index (χ0) is 15.7. The Bertz CT molecular complexity index is 736. The van der Waals surface area contributed by atoms with Crippen LogP contribution in [-0.2, 0) is 4.79 Å². The van der Waals surface area contributed by atoms with Crippen molar-refractivity contribution in [3.63, 3.8) is 0 Å². The summed E-state index contributed by atoms with van der Waals surface area (Å²) in [5.41, 5.74) is 6.18. The number of hydrogen-bond donors (Lipinski definition) is 1. The van der Waals surface area contributed by atoms with Crippen LogP contribution >= 0.6 is 23.4 Å². The van der Waals surface area contributed by atoms with E-state index in [4.69, 9.17) is 17.3 Å². The smallest absolute Gasteiger partial charge is 0.250 e. The summed E-state index contributed by atoms with van der Waals surface area (Å²) in [6, 6.07) is 14.6. The van der Waals surface area contributed by atoms with Gasteiger partial charge in [-0.3, -0.25) is 14.5 Å². The summed E-state index contributed by atoms with van der Waals surface area (Å²) >= 11 is 7.58. The van der Waals surface area contributed by atoms with Crippen molar-refractivity contribution < 1.29 is 9.59 Å². The van der Waals surface area contributed by atoms with Crippen LogP contribution in [0.25, 0.3) is 0 Å². The standard InChI is InChI=1S/C16H13ClN2O2S/c17-10-6-7-12(16(18)21)13(8-10)19-14(20)9-15(19)22-11-4-2-1-3-5-11/h1-8,15H,9H2,(H2,18,21). The predicted molar refractivity (Wildman–Crippen MR) is 88.2 cm³/mol. The molecule has 3 rings (SSSR count). The lowest BCUT2D eigenvalue weighted by atomic mass is 10.1. The van der Waals surface area contributed by atoms with E-state index >= 15 is 0 Å². The van der Waals surface area contributed by atoms with Gasteiger partial charge in [0.25, 0.3) is 5.91 Å². The van der Waals surface area contributed by atoms with Gasteiger partial charge in [0.1, 0.15) is 0 Å². The first-order valence-electron chi connectivity index (χ1n) is 6.69. The number of hydrogen-bond acceptors (Lipinski definition) is 3. The minimum absolute atomic E-state index is 0.0433. The van der Waals surface area contributed by atoms with Crippen molar-refractivity contribution in [2.75, 3.05) is 4.90 Å². The number of nitrogens with zero attached hydrogens (tertiary/aromatic N) is 1. The summed E-state index contributed by atoms with van der Waals surface area (Å²) in [6.07, 6.45) is 0.421. The van der Waals surface area contributed by atoms with Crippen LogP contribution in [-0.4, -0.2) is 17.2 Å². The quantitative estimate of drug-likeness (QED) is 0.874. The highest BCUT2D eigenvalue weighted by Crippen LogP contribution is 2.40. The van der Waals surface area contributed by atoms with Crippen molar-refractivity contribution in [3.05, 3.63) is 59.1 Å². The summed E-state index contributed by atoms with van der Waals surface area (Å²) in [5, 5.41) is 0.398. The Morgan fingerprint density at radius 1 is 1.23 bits per heavy atom. The molecule has 1 fully saturated rings. The number of carbonyl (C=O) groups excluding carboxylic acids is 2. The average Bonchev–Trinajstić information content (AvgIpc) is 2.47. The number of carbonyl (C=O) groups is 2. The van der Waals surface area contributed by atoms with Crippen molar-refractivity contribution in [1.82, 2.24) is 0 Å². The van der Waals surface area contributed by atoms with Crippen molar-refractivity contribution in [3.8, 4) is 0 Å². The van der Waals surface area contributed by atoms with Gasteiger partial charge in [-0.15, -0.1) is 11.8 Å². The Hall–Kier alpha value is -1.98. The van der Waals surface area contributed by atoms with E-state index in [0.717, 1.165) is 4.90 Å². The lowest BCUT2D eigenvalue weighted by molar-refractivity contribution is -0.122. The molecule has 0 aliphatic carbocycles. The highest BCUT2D eigenvalue weighted by Gasteiger charge is 2.39. The van der Waals surface area contributed by atoms with Gasteiger partial charge in [-0.05, 0) is 30.3 Å². The third-order valence-electron chi connectivity index (χ3n) is 3.41. The SMILES string of the molecule is NC(=O)c1ccc(Cl)cc1N1C(=O)CC1Sc1ccccc1. The number of rotatable bonds is 4. The molecule has 112 valence electrons. The summed E-state index contributed by atoms with van der Waals surface area (Å²) in [5.74, 6) is -0.618. The topological polar surface area (TPSA) is 63.4 Å². The molecule has 0 aromatic heterocycles. The van der Waals surface area contributed by atoms with Gasteiger partial charge < -0.3 is 5.73 Å². The fourth-order valence-corrected chi connectivity index (χ4v) is 3.70. The van der Waals surface area contributed by atoms with E-state index < -0.39 is 5.91 Å². The fraction of sp³-hybridized carbons (Fsp3) is 0.125. The molecule has 1 aliphatic rings. The van der Waals surface area contributed by atoms with Crippen LogP contribution in [0.1, 0.15) is 16.8 Å². The summed E-state index contributed by atoms with van der Waals surface area (Å²) in [6.45, 7) is 0. The lowest BCUT2D eigenvalue weighted by Crippen LogP contribution is -2.51. The molecule has 1 atom stereocenters. The molecule has 0 spiro atoms. The lowest BCUT2D eigenvalue weighted by Gasteiger charge is -2.40. The van der Waals surface area contributed by atoms with E-state index in [9.17, 15) is 9.59 Å². The molecule has 6 heteroatoms. The van der Waals surface area contributed by atoms with Crippen LogP contribution < -0.4 is 10.6 Å². The molecular weight excluding hydrogens is 320 g/mol. The minimum atomic E-state index is -0.574. The first kappa shape index (κ1) is 14.9. The van der Waals surface area contributed by atoms with E-state index in [1.54, 1.807) is 34.9 Å². The molecule has 22 heavy (non-hydrogen) atoms. The zero-order valence-corrected chi connectivity index (χ0v) is 13.1. The van der Waals surface area contributed by atoms with Crippen molar-refractivity contribution >= 4 is 40.9 Å². The van der Waals surface area contributed by atoms with Gasteiger partial charge in [-0.2, -0.15) is 0 Å². The Labute approximate surface area is 137 Å². The van der Waals surface area contributed by atoms with Crippen LogP contribution in [0, 0.1) is 0 Å². The third kappa shape index (κ3) is 2.82. The second kappa shape index (κ2) is 6.02. The molecule has 1 saturated heterocycles. The summed E-state index contributed by atoms with van der Waals surface area (Å²) < 4.78 is 0. The van der Waals surface area contributed by atoms with E-state index in [1.807, 2.05) is 30.3 Å². The van der Waals surface area contributed by atoms with Crippen molar-refractivity contribution in [2.24, 2.45) is 5.73 Å². The van der Waals surface area contributed by atoms with Gasteiger partial charge in [0.2, 0.25) is 5.91 Å². The predicted octanol–water partition coefficient (Wildman–Crippen LogP) is 3.29. The largest absolute Gasteiger partial charge is 0.366 e. The van der Waals surface area contributed by atoms with Crippen LogP contribution in [0.3, 0.4) is 0 Å². The van der Waals surface area contributed by atoms with Crippen LogP contribution in [0.5, 0.6) is 0 Å². The first-order valence-corrected chi connectivity index (χ1v) is 7.95. The van der Waals surface area contributed by atoms with Crippen molar-refractivity contribution in [1.29, 1.82) is 0 Å². The van der Waals surface area contributed by atoms with Crippen LogP contribution in [0.15, 0.2) is 53.4 Å². The monoisotopic (exact) mass is 332 g/mol. The number of primary amides is 1. The number of nitrogens with two attached hydrogens (primary N) is 1. The van der Waals surface area contributed by atoms with Gasteiger partial charge in [0, 0.05) is 9.92 Å². The van der Waals surface area contributed by atoms with Crippen LogP contribution in [0.2, 0.25) is 5.02 Å². The maximum absolute atomic E-state index is 12.0. The van der Waals surface area contributed by atoms with Gasteiger partial charge in [-0.1, -0.05) is 29.8 Å². The molecule has 0 radical (unpaired) electrons. The molecule has 2 aromatic rings. The molecule has 0 saturated carbocycles. The van der Waals surface area contributed by atoms with Gasteiger partial charge >= 0.3 is 0 Å². The number of anilines is 1. The van der Waals surface area contributed by atoms with Gasteiger partial charge in [0.05, 0.1) is 23.0 Å². The molecule has 0 bridgehead atoms. The molecule has 1 unspecified atom stereocenters. The van der Waals surface area contributed by atoms with E-state index in [1.165, 1.54) is 0 Å². The number of β-lactam (4-membered cyclic amide) rings is 1. The van der Waals surface area contributed by atoms with Gasteiger partial charge in [-0.25, -0.2) is 0 Å². The second-order valence-corrected chi connectivity index (χ2v) is 6.57. The van der Waals surface area contributed by atoms with E-state index in [2.05, 4.69) is 0 Å². The van der Waals surface area contributed by atoms with Crippen LogP contribution in [0.4, 0.5) is 5.69 Å².